The van der Waals surface area contributed by atoms with Crippen LogP contribution in [0.1, 0.15) is 29.9 Å². The van der Waals surface area contributed by atoms with Crippen molar-refractivity contribution in [2.45, 2.75) is 26.4 Å². The summed E-state index contributed by atoms with van der Waals surface area (Å²) in [4.78, 5) is 19.0. The average molecular weight is 363 g/mol. The Kier molecular flexibility index (Phi) is 5.81. The molecule has 4 nitrogen and oxygen atoms in total. The third-order valence-electron chi connectivity index (χ3n) is 4.18. The van der Waals surface area contributed by atoms with E-state index in [4.69, 9.17) is 0 Å². The fraction of sp³-hybridized carbons (Fsp3) is 0.182. The first kappa shape index (κ1) is 18.6. The summed E-state index contributed by atoms with van der Waals surface area (Å²) in [6, 6.07) is 19.6. The number of pyridine rings is 1. The highest BCUT2D eigenvalue weighted by atomic mass is 19.1. The van der Waals surface area contributed by atoms with Gasteiger partial charge in [-0.2, -0.15) is 0 Å². The summed E-state index contributed by atoms with van der Waals surface area (Å²) in [5.41, 5.74) is 2.77. The van der Waals surface area contributed by atoms with Gasteiger partial charge in [-0.05, 0) is 49.7 Å². The lowest BCUT2D eigenvalue weighted by molar-refractivity contribution is 0.0684. The van der Waals surface area contributed by atoms with Crippen molar-refractivity contribution in [3.63, 3.8) is 0 Å². The van der Waals surface area contributed by atoms with Gasteiger partial charge in [-0.3, -0.25) is 4.79 Å². The lowest BCUT2D eigenvalue weighted by Crippen LogP contribution is -2.36. The van der Waals surface area contributed by atoms with Crippen LogP contribution in [0.25, 0.3) is 0 Å². The van der Waals surface area contributed by atoms with E-state index in [9.17, 15) is 9.18 Å². The monoisotopic (exact) mass is 363 g/mol. The largest absolute Gasteiger partial charge is 0.354 e. The molecule has 5 heteroatoms. The lowest BCUT2D eigenvalue weighted by Gasteiger charge is -2.26. The first-order chi connectivity index (χ1) is 13.0. The summed E-state index contributed by atoms with van der Waals surface area (Å²) in [7, 11) is 0. The molecule has 1 heterocycles. The summed E-state index contributed by atoms with van der Waals surface area (Å²) in [6.45, 7) is 4.50. The van der Waals surface area contributed by atoms with Crippen LogP contribution in [0.3, 0.4) is 0 Å². The SMILES string of the molecule is CC(C)N(Cc1ccccc1)C(=O)c1ccc(Nc2cccc(F)c2)cn1. The van der Waals surface area contributed by atoms with Crippen LogP contribution >= 0.6 is 0 Å². The first-order valence-corrected chi connectivity index (χ1v) is 8.86. The van der Waals surface area contributed by atoms with Gasteiger partial charge in [0.25, 0.3) is 5.91 Å². The second kappa shape index (κ2) is 8.45. The molecule has 0 aliphatic heterocycles. The number of amides is 1. The number of hydrogen-bond donors (Lipinski definition) is 1. The molecule has 27 heavy (non-hydrogen) atoms. The van der Waals surface area contributed by atoms with Crippen LogP contribution in [-0.2, 0) is 6.54 Å². The van der Waals surface area contributed by atoms with E-state index < -0.39 is 0 Å². The smallest absolute Gasteiger partial charge is 0.272 e. The third-order valence-corrected chi connectivity index (χ3v) is 4.18. The van der Waals surface area contributed by atoms with Gasteiger partial charge in [0.1, 0.15) is 11.5 Å². The lowest BCUT2D eigenvalue weighted by atomic mass is 10.1. The van der Waals surface area contributed by atoms with E-state index in [1.54, 1.807) is 35.4 Å². The first-order valence-electron chi connectivity index (χ1n) is 8.86. The molecular formula is C22H22FN3O. The minimum atomic E-state index is -0.312. The van der Waals surface area contributed by atoms with E-state index in [1.165, 1.54) is 12.1 Å². The van der Waals surface area contributed by atoms with Gasteiger partial charge in [-0.15, -0.1) is 0 Å². The minimum Gasteiger partial charge on any atom is -0.354 e. The zero-order chi connectivity index (χ0) is 19.2. The van der Waals surface area contributed by atoms with Gasteiger partial charge in [0, 0.05) is 18.3 Å². The van der Waals surface area contributed by atoms with Crippen LogP contribution in [0, 0.1) is 5.82 Å². The maximum absolute atomic E-state index is 13.3. The number of nitrogens with zero attached hydrogens (tertiary/aromatic N) is 2. The Balaban J connectivity index is 1.73. The highest BCUT2D eigenvalue weighted by Gasteiger charge is 2.20. The van der Waals surface area contributed by atoms with Gasteiger partial charge >= 0.3 is 0 Å². The average Bonchev–Trinajstić information content (AvgIpc) is 2.67. The van der Waals surface area contributed by atoms with E-state index in [-0.39, 0.29) is 17.8 Å². The number of nitrogens with one attached hydrogen (secondary N) is 1. The Morgan fingerprint density at radius 2 is 1.81 bits per heavy atom. The second-order valence-corrected chi connectivity index (χ2v) is 6.58. The molecular weight excluding hydrogens is 341 g/mol. The molecule has 1 aromatic heterocycles. The van der Waals surface area contributed by atoms with E-state index in [1.807, 2.05) is 44.2 Å². The zero-order valence-electron chi connectivity index (χ0n) is 15.4. The van der Waals surface area contributed by atoms with Crippen LogP contribution in [0.2, 0.25) is 0 Å². The molecule has 2 aromatic carbocycles. The molecule has 0 saturated heterocycles. The molecule has 0 unspecified atom stereocenters. The molecule has 0 atom stereocenters. The normalized spacial score (nSPS) is 10.7. The number of carbonyl (C=O) groups excluding carboxylic acids is 1. The van der Waals surface area contributed by atoms with Gasteiger partial charge in [0.2, 0.25) is 0 Å². The van der Waals surface area contributed by atoms with Gasteiger partial charge in [-0.25, -0.2) is 9.37 Å². The molecule has 0 aliphatic rings. The van der Waals surface area contributed by atoms with Crippen molar-refractivity contribution in [1.82, 2.24) is 9.88 Å². The molecule has 138 valence electrons. The van der Waals surface area contributed by atoms with Crippen molar-refractivity contribution in [3.8, 4) is 0 Å². The van der Waals surface area contributed by atoms with E-state index in [2.05, 4.69) is 10.3 Å². The Morgan fingerprint density at radius 3 is 2.44 bits per heavy atom. The highest BCUT2D eigenvalue weighted by Crippen LogP contribution is 2.18. The Morgan fingerprint density at radius 1 is 1.04 bits per heavy atom. The van der Waals surface area contributed by atoms with Crippen LogP contribution < -0.4 is 5.32 Å². The summed E-state index contributed by atoms with van der Waals surface area (Å²) in [5, 5.41) is 3.08. The summed E-state index contributed by atoms with van der Waals surface area (Å²) in [6.07, 6.45) is 1.58. The van der Waals surface area contributed by atoms with E-state index in [0.717, 1.165) is 5.56 Å². The number of halogens is 1. The van der Waals surface area contributed by atoms with Crippen LogP contribution in [0.5, 0.6) is 0 Å². The molecule has 0 fully saturated rings. The fourth-order valence-corrected chi connectivity index (χ4v) is 2.74. The van der Waals surface area contributed by atoms with Gasteiger partial charge in [0.05, 0.1) is 11.9 Å². The maximum atomic E-state index is 13.3. The zero-order valence-corrected chi connectivity index (χ0v) is 15.4. The maximum Gasteiger partial charge on any atom is 0.272 e. The second-order valence-electron chi connectivity index (χ2n) is 6.58. The number of rotatable bonds is 6. The highest BCUT2D eigenvalue weighted by molar-refractivity contribution is 5.92. The van der Waals surface area contributed by atoms with E-state index >= 15 is 0 Å². The van der Waals surface area contributed by atoms with Crippen molar-refractivity contribution in [2.75, 3.05) is 5.32 Å². The molecule has 1 amide bonds. The predicted molar refractivity (Wildman–Crippen MR) is 105 cm³/mol. The molecule has 3 rings (SSSR count). The van der Waals surface area contributed by atoms with Crippen molar-refractivity contribution >= 4 is 17.3 Å². The molecule has 0 spiro atoms. The Bertz CT molecular complexity index is 895. The fourth-order valence-electron chi connectivity index (χ4n) is 2.74. The number of carbonyl (C=O) groups is 1. The minimum absolute atomic E-state index is 0.0459. The number of anilines is 2. The molecule has 0 saturated carbocycles. The van der Waals surface area contributed by atoms with E-state index in [0.29, 0.717) is 23.6 Å². The standard InChI is InChI=1S/C22H22FN3O/c1-16(2)26(15-17-7-4-3-5-8-17)22(27)21-12-11-20(14-24-21)25-19-10-6-9-18(23)13-19/h3-14,16,25H,15H2,1-2H3. The van der Waals surface area contributed by atoms with Gasteiger partial charge in [0.15, 0.2) is 0 Å². The van der Waals surface area contributed by atoms with Gasteiger partial charge in [-0.1, -0.05) is 36.4 Å². The molecule has 0 radical (unpaired) electrons. The third kappa shape index (κ3) is 4.91. The molecule has 0 bridgehead atoms. The molecule has 0 aliphatic carbocycles. The predicted octanol–water partition coefficient (Wildman–Crippen LogP) is 5.02. The number of aromatic nitrogens is 1. The number of benzene rings is 2. The van der Waals surface area contributed by atoms with Crippen LogP contribution in [0.4, 0.5) is 15.8 Å². The van der Waals surface area contributed by atoms with Crippen molar-refractivity contribution in [3.05, 3.63) is 90.0 Å². The van der Waals surface area contributed by atoms with Crippen LogP contribution in [0.15, 0.2) is 72.9 Å². The Hall–Kier alpha value is -3.21. The summed E-state index contributed by atoms with van der Waals surface area (Å²) < 4.78 is 13.3. The summed E-state index contributed by atoms with van der Waals surface area (Å²) in [5.74, 6) is -0.431. The van der Waals surface area contributed by atoms with Crippen molar-refractivity contribution in [1.29, 1.82) is 0 Å². The Labute approximate surface area is 158 Å². The molecule has 1 N–H and O–H groups in total. The van der Waals surface area contributed by atoms with Gasteiger partial charge < -0.3 is 10.2 Å². The molecule has 3 aromatic rings. The number of hydrogen-bond acceptors (Lipinski definition) is 3. The van der Waals surface area contributed by atoms with Crippen molar-refractivity contribution < 1.29 is 9.18 Å². The topological polar surface area (TPSA) is 45.2 Å². The quantitative estimate of drug-likeness (QED) is 0.669. The van der Waals surface area contributed by atoms with Crippen LogP contribution in [-0.4, -0.2) is 21.8 Å². The summed E-state index contributed by atoms with van der Waals surface area (Å²) >= 11 is 0. The van der Waals surface area contributed by atoms with Crippen molar-refractivity contribution in [2.24, 2.45) is 0 Å².